The topological polar surface area (TPSA) is 47.6 Å². The minimum absolute atomic E-state index is 0.0465. The second-order valence-corrected chi connectivity index (χ2v) is 5.28. The zero-order valence-corrected chi connectivity index (χ0v) is 11.2. The second-order valence-electron chi connectivity index (χ2n) is 5.28. The van der Waals surface area contributed by atoms with E-state index in [0.717, 1.165) is 32.5 Å². The van der Waals surface area contributed by atoms with Gasteiger partial charge in [0.15, 0.2) is 0 Å². The molecule has 0 spiro atoms. The smallest absolute Gasteiger partial charge is 0.249 e. The molecule has 1 saturated heterocycles. The predicted molar refractivity (Wildman–Crippen MR) is 69.4 cm³/mol. The summed E-state index contributed by atoms with van der Waals surface area (Å²) in [6, 6.07) is 0. The van der Waals surface area contributed by atoms with Crippen LogP contribution in [0.1, 0.15) is 51.4 Å². The summed E-state index contributed by atoms with van der Waals surface area (Å²) in [5.41, 5.74) is 0. The molecule has 1 saturated carbocycles. The minimum Gasteiger partial charge on any atom is -0.378 e. The van der Waals surface area contributed by atoms with Crippen LogP contribution in [0, 0.1) is 0 Å². The quantitative estimate of drug-likeness (QED) is 0.739. The average Bonchev–Trinajstić information content (AvgIpc) is 2.93. The molecule has 0 aromatic heterocycles. The van der Waals surface area contributed by atoms with Crippen molar-refractivity contribution in [2.75, 3.05) is 19.8 Å². The molecule has 1 N–H and O–H groups in total. The highest BCUT2D eigenvalue weighted by Crippen LogP contribution is 2.20. The Balaban J connectivity index is 1.46. The third-order valence-corrected chi connectivity index (χ3v) is 3.75. The maximum absolute atomic E-state index is 11.6. The fourth-order valence-corrected chi connectivity index (χ4v) is 2.66. The number of nitrogens with one attached hydrogen (secondary N) is 1. The summed E-state index contributed by atoms with van der Waals surface area (Å²) in [4.78, 5) is 11.6. The standard InChI is InChI=1S/C14H25NO3/c16-14(13-8-4-10-18-13)15-9-5-11-17-12-6-2-1-3-7-12/h12-13H,1-11H2,(H,15,16)/t13-/m1/s1. The summed E-state index contributed by atoms with van der Waals surface area (Å²) >= 11 is 0. The van der Waals surface area contributed by atoms with Gasteiger partial charge in [-0.2, -0.15) is 0 Å². The predicted octanol–water partition coefficient (Wildman–Crippen LogP) is 2.02. The summed E-state index contributed by atoms with van der Waals surface area (Å²) in [6.07, 6.45) is 9.42. The molecule has 4 nitrogen and oxygen atoms in total. The number of amides is 1. The van der Waals surface area contributed by atoms with Gasteiger partial charge in [0.2, 0.25) is 5.91 Å². The molecule has 1 heterocycles. The van der Waals surface area contributed by atoms with Crippen molar-refractivity contribution in [1.29, 1.82) is 0 Å². The summed E-state index contributed by atoms with van der Waals surface area (Å²) in [6.45, 7) is 2.19. The largest absolute Gasteiger partial charge is 0.378 e. The molecule has 0 radical (unpaired) electrons. The first kappa shape index (κ1) is 13.8. The normalized spacial score (nSPS) is 25.2. The van der Waals surface area contributed by atoms with Crippen LogP contribution in [0.4, 0.5) is 0 Å². The van der Waals surface area contributed by atoms with Crippen molar-refractivity contribution >= 4 is 5.91 Å². The van der Waals surface area contributed by atoms with E-state index in [2.05, 4.69) is 5.32 Å². The van der Waals surface area contributed by atoms with Crippen LogP contribution in [0.2, 0.25) is 0 Å². The van der Waals surface area contributed by atoms with Crippen molar-refractivity contribution in [3.63, 3.8) is 0 Å². The van der Waals surface area contributed by atoms with Crippen LogP contribution in [-0.2, 0) is 14.3 Å². The molecule has 1 aliphatic heterocycles. The van der Waals surface area contributed by atoms with E-state index >= 15 is 0 Å². The van der Waals surface area contributed by atoms with Gasteiger partial charge in [0.25, 0.3) is 0 Å². The molecular weight excluding hydrogens is 230 g/mol. The highest BCUT2D eigenvalue weighted by molar-refractivity contribution is 5.80. The highest BCUT2D eigenvalue weighted by atomic mass is 16.5. The first-order valence-electron chi connectivity index (χ1n) is 7.37. The Bertz CT molecular complexity index is 245. The minimum atomic E-state index is -0.204. The number of carbonyl (C=O) groups is 1. The highest BCUT2D eigenvalue weighted by Gasteiger charge is 2.22. The monoisotopic (exact) mass is 255 g/mol. The van der Waals surface area contributed by atoms with E-state index in [9.17, 15) is 4.79 Å². The Hall–Kier alpha value is -0.610. The SMILES string of the molecule is O=C(NCCCOC1CCCCC1)[C@H]1CCCO1. The van der Waals surface area contributed by atoms with Crippen LogP contribution in [0.15, 0.2) is 0 Å². The number of ether oxygens (including phenoxy) is 2. The number of hydrogen-bond acceptors (Lipinski definition) is 3. The lowest BCUT2D eigenvalue weighted by Gasteiger charge is -2.22. The van der Waals surface area contributed by atoms with Crippen LogP contribution >= 0.6 is 0 Å². The van der Waals surface area contributed by atoms with Gasteiger partial charge in [-0.1, -0.05) is 19.3 Å². The van der Waals surface area contributed by atoms with Crippen LogP contribution < -0.4 is 5.32 Å². The van der Waals surface area contributed by atoms with Crippen molar-refractivity contribution in [3.05, 3.63) is 0 Å². The molecule has 4 heteroatoms. The number of carbonyl (C=O) groups excluding carboxylic acids is 1. The number of rotatable bonds is 6. The second kappa shape index (κ2) is 7.74. The van der Waals surface area contributed by atoms with Gasteiger partial charge in [0.1, 0.15) is 6.10 Å². The fourth-order valence-electron chi connectivity index (χ4n) is 2.66. The Morgan fingerprint density at radius 1 is 1.17 bits per heavy atom. The molecule has 0 aromatic rings. The molecule has 0 bridgehead atoms. The van der Waals surface area contributed by atoms with Crippen molar-refractivity contribution in [3.8, 4) is 0 Å². The molecule has 0 unspecified atom stereocenters. The number of hydrogen-bond donors (Lipinski definition) is 1. The third-order valence-electron chi connectivity index (χ3n) is 3.75. The Labute approximate surface area is 109 Å². The van der Waals surface area contributed by atoms with Gasteiger partial charge in [0.05, 0.1) is 6.10 Å². The van der Waals surface area contributed by atoms with E-state index in [4.69, 9.17) is 9.47 Å². The van der Waals surface area contributed by atoms with Crippen molar-refractivity contribution in [1.82, 2.24) is 5.32 Å². The van der Waals surface area contributed by atoms with Gasteiger partial charge in [-0.05, 0) is 32.1 Å². The summed E-state index contributed by atoms with van der Waals surface area (Å²) in [5, 5.41) is 2.92. The Morgan fingerprint density at radius 2 is 2.00 bits per heavy atom. The van der Waals surface area contributed by atoms with E-state index in [1.807, 2.05) is 0 Å². The molecule has 1 aliphatic carbocycles. The Kier molecular flexibility index (Phi) is 5.94. The van der Waals surface area contributed by atoms with Crippen molar-refractivity contribution in [2.45, 2.75) is 63.6 Å². The third kappa shape index (κ3) is 4.58. The molecule has 1 amide bonds. The van der Waals surface area contributed by atoms with Crippen molar-refractivity contribution in [2.24, 2.45) is 0 Å². The van der Waals surface area contributed by atoms with Gasteiger partial charge in [-0.25, -0.2) is 0 Å². The summed E-state index contributed by atoms with van der Waals surface area (Å²) in [5.74, 6) is 0.0465. The van der Waals surface area contributed by atoms with Crippen molar-refractivity contribution < 1.29 is 14.3 Å². The molecule has 1 atom stereocenters. The fraction of sp³-hybridized carbons (Fsp3) is 0.929. The molecule has 2 aliphatic rings. The van der Waals surface area contributed by atoms with Gasteiger partial charge in [-0.3, -0.25) is 4.79 Å². The molecule has 0 aromatic carbocycles. The molecule has 18 heavy (non-hydrogen) atoms. The van der Waals surface area contributed by atoms with Gasteiger partial charge >= 0.3 is 0 Å². The lowest BCUT2D eigenvalue weighted by atomic mass is 9.98. The zero-order chi connectivity index (χ0) is 12.6. The van der Waals surface area contributed by atoms with E-state index < -0.39 is 0 Å². The van der Waals surface area contributed by atoms with Gasteiger partial charge in [0, 0.05) is 19.8 Å². The molecule has 104 valence electrons. The van der Waals surface area contributed by atoms with Crippen LogP contribution in [-0.4, -0.2) is 37.9 Å². The van der Waals surface area contributed by atoms with Gasteiger partial charge < -0.3 is 14.8 Å². The maximum Gasteiger partial charge on any atom is 0.249 e. The molecular formula is C14H25NO3. The van der Waals surface area contributed by atoms with Crippen LogP contribution in [0.3, 0.4) is 0 Å². The lowest BCUT2D eigenvalue weighted by molar-refractivity contribution is -0.130. The van der Waals surface area contributed by atoms with E-state index in [-0.39, 0.29) is 12.0 Å². The first-order valence-corrected chi connectivity index (χ1v) is 7.37. The average molecular weight is 255 g/mol. The van der Waals surface area contributed by atoms with E-state index in [1.165, 1.54) is 32.1 Å². The first-order chi connectivity index (χ1) is 8.86. The summed E-state index contributed by atoms with van der Waals surface area (Å²) in [7, 11) is 0. The maximum atomic E-state index is 11.6. The van der Waals surface area contributed by atoms with Crippen LogP contribution in [0.25, 0.3) is 0 Å². The van der Waals surface area contributed by atoms with Crippen LogP contribution in [0.5, 0.6) is 0 Å². The Morgan fingerprint density at radius 3 is 2.72 bits per heavy atom. The summed E-state index contributed by atoms with van der Waals surface area (Å²) < 4.78 is 11.1. The van der Waals surface area contributed by atoms with E-state index in [0.29, 0.717) is 12.6 Å². The van der Waals surface area contributed by atoms with Gasteiger partial charge in [-0.15, -0.1) is 0 Å². The molecule has 2 rings (SSSR count). The van der Waals surface area contributed by atoms with E-state index in [1.54, 1.807) is 0 Å². The zero-order valence-electron chi connectivity index (χ0n) is 11.2. The molecule has 2 fully saturated rings. The lowest BCUT2D eigenvalue weighted by Crippen LogP contribution is -2.35.